The summed E-state index contributed by atoms with van der Waals surface area (Å²) in [6.45, 7) is 1.25. The molecule has 0 radical (unpaired) electrons. The smallest absolute Gasteiger partial charge is 0.222 e. The Morgan fingerprint density at radius 2 is 1.95 bits per heavy atom. The minimum atomic E-state index is -0.912. The molecule has 0 aliphatic heterocycles. The maximum Gasteiger partial charge on any atom is 0.222 e. The first-order valence-electron chi connectivity index (χ1n) is 6.42. The summed E-state index contributed by atoms with van der Waals surface area (Å²) in [5, 5.41) is 13.6. The van der Waals surface area contributed by atoms with E-state index in [4.69, 9.17) is 27.9 Å². The number of aliphatic hydroxyl groups excluding tert-OH is 1. The van der Waals surface area contributed by atoms with Crippen molar-refractivity contribution in [3.63, 3.8) is 0 Å². The topological polar surface area (TPSA) is 58.6 Å². The van der Waals surface area contributed by atoms with Gasteiger partial charge in [0, 0.05) is 30.3 Å². The van der Waals surface area contributed by atoms with E-state index in [2.05, 4.69) is 5.32 Å². The first kappa shape index (κ1) is 17.2. The van der Waals surface area contributed by atoms with Crippen LogP contribution in [0.25, 0.3) is 0 Å². The Labute approximate surface area is 129 Å². The van der Waals surface area contributed by atoms with Crippen LogP contribution in [0.2, 0.25) is 10.0 Å². The lowest BCUT2D eigenvalue weighted by Gasteiger charge is -2.12. The van der Waals surface area contributed by atoms with Gasteiger partial charge in [-0.05, 0) is 36.6 Å². The summed E-state index contributed by atoms with van der Waals surface area (Å²) in [5.41, 5.74) is 0.539. The number of amides is 1. The van der Waals surface area contributed by atoms with Crippen LogP contribution in [0.5, 0.6) is 0 Å². The Morgan fingerprint density at radius 3 is 2.55 bits per heavy atom. The van der Waals surface area contributed by atoms with Crippen molar-refractivity contribution in [2.75, 3.05) is 20.3 Å². The van der Waals surface area contributed by atoms with Crippen LogP contribution < -0.4 is 5.32 Å². The third-order valence-electron chi connectivity index (χ3n) is 2.75. The van der Waals surface area contributed by atoms with E-state index in [1.54, 1.807) is 25.3 Å². The first-order valence-corrected chi connectivity index (χ1v) is 7.18. The highest BCUT2D eigenvalue weighted by molar-refractivity contribution is 6.34. The zero-order valence-corrected chi connectivity index (χ0v) is 12.9. The third kappa shape index (κ3) is 6.57. The third-order valence-corrected chi connectivity index (χ3v) is 3.18. The quantitative estimate of drug-likeness (QED) is 0.724. The zero-order valence-electron chi connectivity index (χ0n) is 11.4. The molecule has 1 aromatic rings. The number of unbranched alkanes of at least 4 members (excludes halogenated alkanes) is 1. The predicted molar refractivity (Wildman–Crippen MR) is 80.2 cm³/mol. The summed E-state index contributed by atoms with van der Waals surface area (Å²) in [6, 6.07) is 4.78. The fraction of sp³-hybridized carbons (Fsp3) is 0.500. The van der Waals surface area contributed by atoms with Crippen LogP contribution in [-0.4, -0.2) is 31.3 Å². The van der Waals surface area contributed by atoms with Gasteiger partial charge in [0.25, 0.3) is 0 Å². The molecule has 0 fully saturated rings. The minimum Gasteiger partial charge on any atom is -0.388 e. The number of aliphatic hydroxyl groups is 1. The number of ether oxygens (including phenoxy) is 1. The minimum absolute atomic E-state index is 0.0129. The van der Waals surface area contributed by atoms with Gasteiger partial charge in [0.15, 0.2) is 0 Å². The summed E-state index contributed by atoms with van der Waals surface area (Å²) in [7, 11) is 1.64. The average Bonchev–Trinajstić information content (AvgIpc) is 2.37. The molecule has 1 rings (SSSR count). The maximum absolute atomic E-state index is 11.7. The second-order valence-electron chi connectivity index (χ2n) is 4.47. The fourth-order valence-corrected chi connectivity index (χ4v) is 2.28. The average molecular weight is 320 g/mol. The highest BCUT2D eigenvalue weighted by atomic mass is 35.5. The van der Waals surface area contributed by atoms with Crippen molar-refractivity contribution in [2.45, 2.75) is 25.4 Å². The fourth-order valence-electron chi connectivity index (χ4n) is 1.73. The maximum atomic E-state index is 11.7. The lowest BCUT2D eigenvalue weighted by Crippen LogP contribution is -2.26. The number of methoxy groups -OCH3 is 1. The van der Waals surface area contributed by atoms with Gasteiger partial charge in [0.1, 0.15) is 0 Å². The van der Waals surface area contributed by atoms with E-state index in [1.807, 2.05) is 0 Å². The summed E-state index contributed by atoms with van der Waals surface area (Å²) in [4.78, 5) is 11.7. The van der Waals surface area contributed by atoms with Crippen LogP contribution in [0.4, 0.5) is 0 Å². The van der Waals surface area contributed by atoms with E-state index in [0.29, 0.717) is 28.8 Å². The zero-order chi connectivity index (χ0) is 15.0. The van der Waals surface area contributed by atoms with Gasteiger partial charge in [-0.15, -0.1) is 0 Å². The van der Waals surface area contributed by atoms with E-state index in [0.717, 1.165) is 12.8 Å². The van der Waals surface area contributed by atoms with E-state index in [1.165, 1.54) is 0 Å². The van der Waals surface area contributed by atoms with Crippen LogP contribution >= 0.6 is 23.2 Å². The molecule has 1 aromatic carbocycles. The number of carbonyl (C=O) groups is 1. The van der Waals surface area contributed by atoms with Crippen LogP contribution in [0.15, 0.2) is 18.2 Å². The van der Waals surface area contributed by atoms with E-state index < -0.39 is 6.10 Å². The second kappa shape index (κ2) is 9.19. The molecule has 0 saturated carbocycles. The van der Waals surface area contributed by atoms with Gasteiger partial charge in [0.05, 0.1) is 12.5 Å². The van der Waals surface area contributed by atoms with Gasteiger partial charge in [-0.3, -0.25) is 4.79 Å². The SMILES string of the molecule is COCCCCNC(=O)CC(O)c1cc(Cl)cc(Cl)c1. The van der Waals surface area contributed by atoms with E-state index in [9.17, 15) is 9.90 Å². The Hall–Kier alpha value is -0.810. The first-order chi connectivity index (χ1) is 9.52. The van der Waals surface area contributed by atoms with Gasteiger partial charge < -0.3 is 15.2 Å². The molecule has 0 aliphatic rings. The highest BCUT2D eigenvalue weighted by Gasteiger charge is 2.14. The molecule has 0 bridgehead atoms. The van der Waals surface area contributed by atoms with E-state index >= 15 is 0 Å². The molecule has 4 nitrogen and oxygen atoms in total. The van der Waals surface area contributed by atoms with Crippen LogP contribution in [0, 0.1) is 0 Å². The summed E-state index contributed by atoms with van der Waals surface area (Å²) in [6.07, 6.45) is 0.813. The van der Waals surface area contributed by atoms with E-state index in [-0.39, 0.29) is 12.3 Å². The number of halogens is 2. The van der Waals surface area contributed by atoms with Crippen molar-refractivity contribution in [3.05, 3.63) is 33.8 Å². The van der Waals surface area contributed by atoms with Gasteiger partial charge in [0.2, 0.25) is 5.91 Å². The lowest BCUT2D eigenvalue weighted by atomic mass is 10.1. The molecule has 1 unspecified atom stereocenters. The Balaban J connectivity index is 2.37. The molecular weight excluding hydrogens is 301 g/mol. The number of carbonyl (C=O) groups excluding carboxylic acids is 1. The normalized spacial score (nSPS) is 12.2. The van der Waals surface area contributed by atoms with Gasteiger partial charge in [-0.1, -0.05) is 23.2 Å². The lowest BCUT2D eigenvalue weighted by molar-refractivity contribution is -0.123. The van der Waals surface area contributed by atoms with Crippen LogP contribution in [-0.2, 0) is 9.53 Å². The summed E-state index contributed by atoms with van der Waals surface area (Å²) >= 11 is 11.7. The molecule has 6 heteroatoms. The Bertz CT molecular complexity index is 420. The second-order valence-corrected chi connectivity index (χ2v) is 5.35. The van der Waals surface area contributed by atoms with Crippen LogP contribution in [0.1, 0.15) is 30.9 Å². The standard InChI is InChI=1S/C14H19Cl2NO3/c1-20-5-3-2-4-17-14(19)9-13(18)10-6-11(15)8-12(16)7-10/h6-8,13,18H,2-5,9H2,1H3,(H,17,19). The van der Waals surface area contributed by atoms with Crippen molar-refractivity contribution in [1.82, 2.24) is 5.32 Å². The van der Waals surface area contributed by atoms with Crippen molar-refractivity contribution < 1.29 is 14.6 Å². The Kier molecular flexibility index (Phi) is 7.92. The molecule has 0 heterocycles. The molecule has 1 atom stereocenters. The van der Waals surface area contributed by atoms with Gasteiger partial charge in [-0.25, -0.2) is 0 Å². The number of benzene rings is 1. The van der Waals surface area contributed by atoms with Gasteiger partial charge >= 0.3 is 0 Å². The number of nitrogens with one attached hydrogen (secondary N) is 1. The largest absolute Gasteiger partial charge is 0.388 e. The number of hydrogen-bond acceptors (Lipinski definition) is 3. The molecule has 112 valence electrons. The molecule has 0 aliphatic carbocycles. The monoisotopic (exact) mass is 319 g/mol. The van der Waals surface area contributed by atoms with Gasteiger partial charge in [-0.2, -0.15) is 0 Å². The molecule has 0 spiro atoms. The predicted octanol–water partition coefficient (Wildman–Crippen LogP) is 2.96. The van der Waals surface area contributed by atoms with Crippen molar-refractivity contribution in [1.29, 1.82) is 0 Å². The Morgan fingerprint density at radius 1 is 1.30 bits per heavy atom. The molecule has 2 N–H and O–H groups in total. The number of rotatable bonds is 8. The van der Waals surface area contributed by atoms with Crippen molar-refractivity contribution in [3.8, 4) is 0 Å². The molecule has 20 heavy (non-hydrogen) atoms. The summed E-state index contributed by atoms with van der Waals surface area (Å²) in [5.74, 6) is -0.203. The molecule has 0 aromatic heterocycles. The van der Waals surface area contributed by atoms with Crippen molar-refractivity contribution >= 4 is 29.1 Å². The highest BCUT2D eigenvalue weighted by Crippen LogP contribution is 2.25. The molecule has 0 saturated heterocycles. The van der Waals surface area contributed by atoms with Crippen molar-refractivity contribution in [2.24, 2.45) is 0 Å². The number of hydrogen-bond donors (Lipinski definition) is 2. The molecular formula is C14H19Cl2NO3. The summed E-state index contributed by atoms with van der Waals surface area (Å²) < 4.78 is 4.92. The molecule has 1 amide bonds. The van der Waals surface area contributed by atoms with Crippen LogP contribution in [0.3, 0.4) is 0 Å².